The number of rotatable bonds is 4. The molecule has 1 aromatic carbocycles. The molecule has 1 heterocycles. The monoisotopic (exact) mass is 394 g/mol. The normalized spacial score (nSPS) is 14.9. The van der Waals surface area contributed by atoms with E-state index < -0.39 is 11.7 Å². The van der Waals surface area contributed by atoms with Gasteiger partial charge in [0.05, 0.1) is 18.9 Å². The molecule has 3 rings (SSSR count). The van der Waals surface area contributed by atoms with Crippen LogP contribution in [0.3, 0.4) is 0 Å². The molecule has 0 bridgehead atoms. The van der Waals surface area contributed by atoms with E-state index in [1.165, 1.54) is 19.2 Å². The van der Waals surface area contributed by atoms with Crippen molar-refractivity contribution in [2.75, 3.05) is 12.0 Å². The first kappa shape index (κ1) is 21.7. The van der Waals surface area contributed by atoms with Crippen molar-refractivity contribution in [1.82, 2.24) is 4.98 Å². The summed E-state index contributed by atoms with van der Waals surface area (Å²) >= 11 is 0. The van der Waals surface area contributed by atoms with Crippen molar-refractivity contribution in [1.29, 1.82) is 0 Å². The zero-order valence-electron chi connectivity index (χ0n) is 16.3. The van der Waals surface area contributed by atoms with Gasteiger partial charge in [-0.2, -0.15) is 13.2 Å². The summed E-state index contributed by atoms with van der Waals surface area (Å²) in [6, 6.07) is 6.73. The number of Topliss-reactive ketones (excluding diaryl/α,β-unsaturated/α-hetero) is 1. The molecule has 0 saturated heterocycles. The van der Waals surface area contributed by atoms with Crippen molar-refractivity contribution in [3.05, 3.63) is 48.3 Å². The summed E-state index contributed by atoms with van der Waals surface area (Å²) in [5.74, 6) is 0.795. The molecule has 1 saturated carbocycles. The predicted molar refractivity (Wildman–Crippen MR) is 103 cm³/mol. The minimum absolute atomic E-state index is 0.0115. The highest BCUT2D eigenvalue weighted by Crippen LogP contribution is 2.39. The lowest BCUT2D eigenvalue weighted by atomic mass is 9.92. The van der Waals surface area contributed by atoms with Crippen LogP contribution in [-0.2, 0) is 11.0 Å². The number of anilines is 2. The molecule has 0 atom stereocenters. The number of ether oxygens (including phenoxy) is 1. The van der Waals surface area contributed by atoms with Gasteiger partial charge in [-0.25, -0.2) is 0 Å². The van der Waals surface area contributed by atoms with E-state index in [-0.39, 0.29) is 11.8 Å². The first-order chi connectivity index (χ1) is 13.4. The number of benzene rings is 1. The van der Waals surface area contributed by atoms with E-state index in [4.69, 9.17) is 4.74 Å². The molecule has 1 fully saturated rings. The molecule has 0 aliphatic heterocycles. The van der Waals surface area contributed by atoms with Crippen molar-refractivity contribution in [3.8, 4) is 5.75 Å². The van der Waals surface area contributed by atoms with E-state index in [0.717, 1.165) is 12.1 Å². The number of alkyl halides is 3. The summed E-state index contributed by atoms with van der Waals surface area (Å²) < 4.78 is 44.0. The molecule has 1 aliphatic rings. The van der Waals surface area contributed by atoms with E-state index in [0.29, 0.717) is 42.8 Å². The number of hydrogen-bond acceptors (Lipinski definition) is 4. The Kier molecular flexibility index (Phi) is 7.43. The molecule has 152 valence electrons. The molecular weight excluding hydrogens is 369 g/mol. The fourth-order valence-electron chi connectivity index (χ4n) is 3.27. The maximum Gasteiger partial charge on any atom is 0.416 e. The standard InChI is InChI=1S/C19H19F3N2O2.C2H6/c1-26-18-10-11-23-12-17(18)24(15-6-8-16(25)9-7-15)14-4-2-13(3-5-14)19(20,21)22;1-2/h2-5,10-12,15H,6-9H2,1H3;1-2H3. The van der Waals surface area contributed by atoms with E-state index in [2.05, 4.69) is 4.98 Å². The molecule has 0 unspecified atom stereocenters. The van der Waals surface area contributed by atoms with Gasteiger partial charge in [-0.05, 0) is 37.1 Å². The largest absolute Gasteiger partial charge is 0.494 e. The lowest BCUT2D eigenvalue weighted by molar-refractivity contribution is -0.137. The van der Waals surface area contributed by atoms with Crippen LogP contribution in [0.1, 0.15) is 45.1 Å². The predicted octanol–water partition coefficient (Wildman–Crippen LogP) is 5.79. The molecule has 0 radical (unpaired) electrons. The number of methoxy groups -OCH3 is 1. The van der Waals surface area contributed by atoms with Crippen LogP contribution in [0.15, 0.2) is 42.7 Å². The molecule has 2 aromatic rings. The van der Waals surface area contributed by atoms with Crippen LogP contribution < -0.4 is 9.64 Å². The lowest BCUT2D eigenvalue weighted by Gasteiger charge is -2.36. The minimum atomic E-state index is -4.38. The fraction of sp³-hybridized carbons (Fsp3) is 0.429. The van der Waals surface area contributed by atoms with Gasteiger partial charge in [-0.15, -0.1) is 0 Å². The summed E-state index contributed by atoms with van der Waals surface area (Å²) in [4.78, 5) is 17.7. The van der Waals surface area contributed by atoms with Gasteiger partial charge < -0.3 is 9.64 Å². The van der Waals surface area contributed by atoms with Crippen LogP contribution in [-0.4, -0.2) is 23.9 Å². The molecule has 28 heavy (non-hydrogen) atoms. The second-order valence-electron chi connectivity index (χ2n) is 6.23. The molecule has 0 N–H and O–H groups in total. The maximum absolute atomic E-state index is 12.9. The Morgan fingerprint density at radius 1 is 1.07 bits per heavy atom. The van der Waals surface area contributed by atoms with E-state index in [9.17, 15) is 18.0 Å². The molecule has 1 aromatic heterocycles. The minimum Gasteiger partial charge on any atom is -0.494 e. The van der Waals surface area contributed by atoms with Crippen molar-refractivity contribution in [3.63, 3.8) is 0 Å². The number of pyridine rings is 1. The Morgan fingerprint density at radius 2 is 1.68 bits per heavy atom. The first-order valence-electron chi connectivity index (χ1n) is 9.36. The first-order valence-corrected chi connectivity index (χ1v) is 9.36. The number of hydrogen-bond donors (Lipinski definition) is 0. The second-order valence-corrected chi connectivity index (χ2v) is 6.23. The van der Waals surface area contributed by atoms with Crippen LogP contribution in [0.2, 0.25) is 0 Å². The average molecular weight is 394 g/mol. The van der Waals surface area contributed by atoms with Crippen molar-refractivity contribution >= 4 is 17.2 Å². The van der Waals surface area contributed by atoms with Gasteiger partial charge in [0, 0.05) is 36.8 Å². The topological polar surface area (TPSA) is 42.4 Å². The third-order valence-electron chi connectivity index (χ3n) is 4.59. The van der Waals surface area contributed by atoms with Gasteiger partial charge >= 0.3 is 6.18 Å². The summed E-state index contributed by atoms with van der Waals surface area (Å²) in [5.41, 5.74) is 0.593. The average Bonchev–Trinajstić information content (AvgIpc) is 2.71. The lowest BCUT2D eigenvalue weighted by Crippen LogP contribution is -2.35. The van der Waals surface area contributed by atoms with E-state index >= 15 is 0 Å². The number of ketones is 1. The molecule has 0 amide bonds. The van der Waals surface area contributed by atoms with Gasteiger partial charge in [-0.3, -0.25) is 9.78 Å². The van der Waals surface area contributed by atoms with Gasteiger partial charge in [0.25, 0.3) is 0 Å². The van der Waals surface area contributed by atoms with Crippen molar-refractivity contribution < 1.29 is 22.7 Å². The molecular formula is C21H25F3N2O2. The van der Waals surface area contributed by atoms with Crippen molar-refractivity contribution in [2.24, 2.45) is 0 Å². The third-order valence-corrected chi connectivity index (χ3v) is 4.59. The molecule has 0 spiro atoms. The number of nitrogens with zero attached hydrogens (tertiary/aromatic N) is 2. The van der Waals surface area contributed by atoms with Gasteiger partial charge in [0.2, 0.25) is 0 Å². The number of carbonyl (C=O) groups is 1. The number of carbonyl (C=O) groups excluding carboxylic acids is 1. The van der Waals surface area contributed by atoms with Gasteiger partial charge in [-0.1, -0.05) is 13.8 Å². The Hall–Kier alpha value is -2.57. The summed E-state index contributed by atoms with van der Waals surface area (Å²) in [7, 11) is 1.54. The highest BCUT2D eigenvalue weighted by molar-refractivity contribution is 5.80. The van der Waals surface area contributed by atoms with Crippen LogP contribution in [0.5, 0.6) is 5.75 Å². The summed E-state index contributed by atoms with van der Waals surface area (Å²) in [5, 5.41) is 0. The molecule has 7 heteroatoms. The maximum atomic E-state index is 12.9. The summed E-state index contributed by atoms with van der Waals surface area (Å²) in [6.07, 6.45) is 1.04. The Balaban J connectivity index is 0.00000136. The van der Waals surface area contributed by atoms with Crippen LogP contribution in [0.4, 0.5) is 24.5 Å². The molecule has 1 aliphatic carbocycles. The van der Waals surface area contributed by atoms with Crippen LogP contribution >= 0.6 is 0 Å². The van der Waals surface area contributed by atoms with Crippen LogP contribution in [0.25, 0.3) is 0 Å². The second kappa shape index (κ2) is 9.57. The quantitative estimate of drug-likeness (QED) is 0.659. The van der Waals surface area contributed by atoms with Crippen LogP contribution in [0, 0.1) is 0 Å². The van der Waals surface area contributed by atoms with Gasteiger partial charge in [0.1, 0.15) is 17.2 Å². The molecule has 4 nitrogen and oxygen atoms in total. The van der Waals surface area contributed by atoms with Crippen molar-refractivity contribution in [2.45, 2.75) is 51.7 Å². The highest BCUT2D eigenvalue weighted by atomic mass is 19.4. The smallest absolute Gasteiger partial charge is 0.416 e. The summed E-state index contributed by atoms with van der Waals surface area (Å²) in [6.45, 7) is 4.00. The Labute approximate surface area is 163 Å². The Morgan fingerprint density at radius 3 is 2.21 bits per heavy atom. The van der Waals surface area contributed by atoms with E-state index in [1.807, 2.05) is 18.7 Å². The van der Waals surface area contributed by atoms with Gasteiger partial charge in [0.15, 0.2) is 0 Å². The third kappa shape index (κ3) is 5.03. The zero-order valence-corrected chi connectivity index (χ0v) is 16.3. The zero-order chi connectivity index (χ0) is 20.7. The number of aromatic nitrogens is 1. The number of halogens is 3. The van der Waals surface area contributed by atoms with E-state index in [1.54, 1.807) is 18.5 Å². The SMILES string of the molecule is CC.COc1ccncc1N(c1ccc(C(F)(F)F)cc1)C1CCC(=O)CC1. The highest BCUT2D eigenvalue weighted by Gasteiger charge is 2.32. The Bertz CT molecular complexity index is 766. The fourth-order valence-corrected chi connectivity index (χ4v) is 3.27.